The van der Waals surface area contributed by atoms with Crippen LogP contribution in [0.3, 0.4) is 0 Å². The summed E-state index contributed by atoms with van der Waals surface area (Å²) in [5, 5.41) is 2.48. The Morgan fingerprint density at radius 2 is 2.00 bits per heavy atom. The minimum atomic E-state index is -0.329. The minimum Gasteiger partial charge on any atom is -0.266 e. The van der Waals surface area contributed by atoms with Gasteiger partial charge in [-0.25, -0.2) is 0 Å². The standard InChI is InChI=1S/C10H11NS2/c1-8-7-13(11)12-10(8)9-5-3-2-4-6-9/h2-7,10-11H,1H3. The summed E-state index contributed by atoms with van der Waals surface area (Å²) >= 11 is 0. The molecule has 1 aromatic carbocycles. The summed E-state index contributed by atoms with van der Waals surface area (Å²) in [6.07, 6.45) is 0. The molecule has 2 atom stereocenters. The normalized spacial score (nSPS) is 27.3. The molecule has 0 spiro atoms. The summed E-state index contributed by atoms with van der Waals surface area (Å²) in [6.45, 7) is 2.12. The van der Waals surface area contributed by atoms with Gasteiger partial charge in [0.1, 0.15) is 0 Å². The molecular weight excluding hydrogens is 198 g/mol. The lowest BCUT2D eigenvalue weighted by Crippen LogP contribution is -1.90. The van der Waals surface area contributed by atoms with Crippen LogP contribution >= 0.6 is 10.8 Å². The molecule has 1 aliphatic rings. The smallest absolute Gasteiger partial charge is 0.0628 e. The summed E-state index contributed by atoms with van der Waals surface area (Å²) in [7, 11) is 1.40. The van der Waals surface area contributed by atoms with Crippen LogP contribution in [0.5, 0.6) is 0 Å². The average Bonchev–Trinajstić information content (AvgIpc) is 2.47. The molecular formula is C10H11NS2. The second kappa shape index (κ2) is 3.68. The van der Waals surface area contributed by atoms with Crippen LogP contribution in [0.25, 0.3) is 0 Å². The Labute approximate surface area is 84.5 Å². The second-order valence-electron chi connectivity index (χ2n) is 3.05. The fourth-order valence-electron chi connectivity index (χ4n) is 1.38. The first-order chi connectivity index (χ1) is 6.27. The summed E-state index contributed by atoms with van der Waals surface area (Å²) in [5.41, 5.74) is 2.65. The van der Waals surface area contributed by atoms with Crippen molar-refractivity contribution in [3.63, 3.8) is 0 Å². The number of hydrogen-bond donors (Lipinski definition) is 1. The van der Waals surface area contributed by atoms with Gasteiger partial charge in [0.05, 0.1) is 5.25 Å². The molecule has 0 amide bonds. The van der Waals surface area contributed by atoms with Gasteiger partial charge >= 0.3 is 0 Å². The third-order valence-corrected chi connectivity index (χ3v) is 5.13. The molecule has 0 bridgehead atoms. The Morgan fingerprint density at radius 3 is 2.54 bits per heavy atom. The van der Waals surface area contributed by atoms with E-state index >= 15 is 0 Å². The molecule has 68 valence electrons. The van der Waals surface area contributed by atoms with Crippen LogP contribution in [0.1, 0.15) is 17.7 Å². The monoisotopic (exact) mass is 209 g/mol. The lowest BCUT2D eigenvalue weighted by Gasteiger charge is -2.09. The topological polar surface area (TPSA) is 23.9 Å². The van der Waals surface area contributed by atoms with E-state index in [1.807, 2.05) is 6.07 Å². The maximum atomic E-state index is 7.66. The molecule has 3 heteroatoms. The molecule has 1 aliphatic heterocycles. The van der Waals surface area contributed by atoms with E-state index < -0.39 is 0 Å². The number of rotatable bonds is 1. The van der Waals surface area contributed by atoms with Gasteiger partial charge in [-0.1, -0.05) is 41.1 Å². The van der Waals surface area contributed by atoms with E-state index in [2.05, 4.69) is 36.6 Å². The van der Waals surface area contributed by atoms with Gasteiger partial charge in [-0.3, -0.25) is 4.78 Å². The lowest BCUT2D eigenvalue weighted by molar-refractivity contribution is 1.13. The van der Waals surface area contributed by atoms with E-state index in [4.69, 9.17) is 4.78 Å². The van der Waals surface area contributed by atoms with Crippen LogP contribution in [0, 0.1) is 4.78 Å². The number of nitrogens with one attached hydrogen (secondary N) is 1. The first-order valence-electron chi connectivity index (χ1n) is 4.12. The lowest BCUT2D eigenvalue weighted by atomic mass is 10.1. The van der Waals surface area contributed by atoms with Gasteiger partial charge in [0.2, 0.25) is 0 Å². The highest BCUT2D eigenvalue weighted by Gasteiger charge is 2.20. The van der Waals surface area contributed by atoms with Crippen molar-refractivity contribution in [1.82, 2.24) is 0 Å². The SMILES string of the molecule is CC1=CS(=N)SC1c1ccccc1. The molecule has 0 radical (unpaired) electrons. The summed E-state index contributed by atoms with van der Waals surface area (Å²) < 4.78 is 7.66. The van der Waals surface area contributed by atoms with Crippen LogP contribution in [-0.4, -0.2) is 0 Å². The first kappa shape index (κ1) is 9.03. The van der Waals surface area contributed by atoms with Crippen molar-refractivity contribution < 1.29 is 0 Å². The predicted octanol–water partition coefficient (Wildman–Crippen LogP) is 3.67. The Balaban J connectivity index is 2.30. The minimum absolute atomic E-state index is 0.329. The Hall–Kier alpha value is -0.540. The van der Waals surface area contributed by atoms with Crippen LogP contribution in [0.4, 0.5) is 0 Å². The fourth-order valence-corrected chi connectivity index (χ4v) is 4.73. The molecule has 2 unspecified atom stereocenters. The van der Waals surface area contributed by atoms with Crippen molar-refractivity contribution in [1.29, 1.82) is 4.78 Å². The molecule has 0 fully saturated rings. The maximum Gasteiger partial charge on any atom is 0.0628 e. The Bertz CT molecular complexity index is 356. The summed E-state index contributed by atoms with van der Waals surface area (Å²) in [5.74, 6) is 0. The molecule has 2 rings (SSSR count). The van der Waals surface area contributed by atoms with Crippen molar-refractivity contribution in [2.24, 2.45) is 0 Å². The molecule has 0 saturated carbocycles. The van der Waals surface area contributed by atoms with Gasteiger partial charge in [-0.15, -0.1) is 0 Å². The highest BCUT2D eigenvalue weighted by molar-refractivity contribution is 8.71. The molecule has 0 saturated heterocycles. The van der Waals surface area contributed by atoms with Gasteiger partial charge < -0.3 is 0 Å². The van der Waals surface area contributed by atoms with Gasteiger partial charge in [0.15, 0.2) is 0 Å². The third kappa shape index (κ3) is 1.86. The fraction of sp³-hybridized carbons (Fsp3) is 0.200. The van der Waals surface area contributed by atoms with E-state index in [0.29, 0.717) is 5.25 Å². The van der Waals surface area contributed by atoms with Crippen molar-refractivity contribution in [3.8, 4) is 0 Å². The van der Waals surface area contributed by atoms with E-state index in [9.17, 15) is 0 Å². The van der Waals surface area contributed by atoms with E-state index in [0.717, 1.165) is 0 Å². The van der Waals surface area contributed by atoms with Gasteiger partial charge in [0, 0.05) is 0 Å². The third-order valence-electron chi connectivity index (χ3n) is 2.01. The Kier molecular flexibility index (Phi) is 2.56. The largest absolute Gasteiger partial charge is 0.266 e. The highest BCUT2D eigenvalue weighted by Crippen LogP contribution is 2.43. The molecule has 1 nitrogen and oxygen atoms in total. The van der Waals surface area contributed by atoms with Gasteiger partial charge in [-0.05, 0) is 33.2 Å². The summed E-state index contributed by atoms with van der Waals surface area (Å²) in [4.78, 5) is 0. The van der Waals surface area contributed by atoms with Crippen LogP contribution < -0.4 is 0 Å². The average molecular weight is 209 g/mol. The zero-order chi connectivity index (χ0) is 9.26. The van der Waals surface area contributed by atoms with Crippen molar-refractivity contribution in [2.45, 2.75) is 12.2 Å². The van der Waals surface area contributed by atoms with Crippen LogP contribution in [0.15, 0.2) is 41.3 Å². The second-order valence-corrected chi connectivity index (χ2v) is 6.20. The molecule has 1 N–H and O–H groups in total. The van der Waals surface area contributed by atoms with Crippen molar-refractivity contribution in [3.05, 3.63) is 46.9 Å². The van der Waals surface area contributed by atoms with Crippen LogP contribution in [-0.2, 0) is 9.72 Å². The zero-order valence-electron chi connectivity index (χ0n) is 7.36. The molecule has 0 aromatic heterocycles. The van der Waals surface area contributed by atoms with E-state index in [1.165, 1.54) is 11.1 Å². The predicted molar refractivity (Wildman–Crippen MR) is 60.6 cm³/mol. The van der Waals surface area contributed by atoms with Crippen molar-refractivity contribution >= 4 is 20.5 Å². The van der Waals surface area contributed by atoms with E-state index in [-0.39, 0.29) is 9.72 Å². The van der Waals surface area contributed by atoms with Gasteiger partial charge in [0.25, 0.3) is 0 Å². The van der Waals surface area contributed by atoms with Crippen LogP contribution in [0.2, 0.25) is 0 Å². The van der Waals surface area contributed by atoms with E-state index in [1.54, 1.807) is 10.8 Å². The highest BCUT2D eigenvalue weighted by atomic mass is 33.1. The zero-order valence-corrected chi connectivity index (χ0v) is 8.99. The Morgan fingerprint density at radius 1 is 1.31 bits per heavy atom. The molecule has 1 heterocycles. The number of hydrogen-bond acceptors (Lipinski definition) is 2. The molecule has 0 aliphatic carbocycles. The maximum absolute atomic E-state index is 7.66. The quantitative estimate of drug-likeness (QED) is 0.701. The van der Waals surface area contributed by atoms with Crippen molar-refractivity contribution in [2.75, 3.05) is 0 Å². The molecule has 13 heavy (non-hydrogen) atoms. The molecule has 1 aromatic rings. The van der Waals surface area contributed by atoms with Gasteiger partial charge in [-0.2, -0.15) is 0 Å². The first-order valence-corrected chi connectivity index (χ1v) is 6.80. The summed E-state index contributed by atoms with van der Waals surface area (Å²) in [6, 6.07) is 10.4. The number of benzene rings is 1.